The summed E-state index contributed by atoms with van der Waals surface area (Å²) in [5, 5.41) is 3.37. The molecule has 0 aliphatic carbocycles. The van der Waals surface area contributed by atoms with Crippen LogP contribution in [0, 0.1) is 13.8 Å². The molecular formula is C16H19BrN2. The molecule has 2 rings (SSSR count). The quantitative estimate of drug-likeness (QED) is 0.922. The average Bonchev–Trinajstić information content (AvgIpc) is 2.39. The molecule has 1 heterocycles. The lowest BCUT2D eigenvalue weighted by Crippen LogP contribution is -2.21. The number of hydrogen-bond donors (Lipinski definition) is 1. The van der Waals surface area contributed by atoms with E-state index < -0.39 is 0 Å². The second-order valence-electron chi connectivity index (χ2n) is 4.85. The van der Waals surface area contributed by atoms with Crippen LogP contribution < -0.4 is 5.32 Å². The highest BCUT2D eigenvalue weighted by Gasteiger charge is 2.15. The molecule has 0 saturated heterocycles. The van der Waals surface area contributed by atoms with Crippen molar-refractivity contribution in [2.24, 2.45) is 0 Å². The maximum atomic E-state index is 4.60. The molecule has 1 atom stereocenters. The minimum absolute atomic E-state index is 0.235. The summed E-state index contributed by atoms with van der Waals surface area (Å²) in [6, 6.07) is 10.8. The Bertz CT molecular complexity index is 566. The number of rotatable bonds is 4. The first kappa shape index (κ1) is 14.2. The summed E-state index contributed by atoms with van der Waals surface area (Å²) in [4.78, 5) is 4.60. The molecule has 1 N–H and O–H groups in total. The number of nitrogens with one attached hydrogen (secondary N) is 1. The molecule has 0 aliphatic rings. The molecule has 0 bridgehead atoms. The van der Waals surface area contributed by atoms with E-state index in [0.717, 1.165) is 16.6 Å². The van der Waals surface area contributed by atoms with Crippen LogP contribution in [0.4, 0.5) is 0 Å². The minimum atomic E-state index is 0.235. The third-order valence-corrected chi connectivity index (χ3v) is 4.09. The van der Waals surface area contributed by atoms with Gasteiger partial charge in [-0.15, -0.1) is 0 Å². The van der Waals surface area contributed by atoms with Gasteiger partial charge in [-0.05, 0) is 50.1 Å². The van der Waals surface area contributed by atoms with Crippen LogP contribution in [0.15, 0.2) is 41.0 Å². The third-order valence-electron chi connectivity index (χ3n) is 3.32. The van der Waals surface area contributed by atoms with Crippen molar-refractivity contribution >= 4 is 15.9 Å². The van der Waals surface area contributed by atoms with Crippen molar-refractivity contribution in [2.45, 2.75) is 26.3 Å². The normalized spacial score (nSPS) is 12.4. The summed E-state index contributed by atoms with van der Waals surface area (Å²) in [6.45, 7) is 4.20. The zero-order chi connectivity index (χ0) is 13.8. The second-order valence-corrected chi connectivity index (χ2v) is 5.71. The number of nitrogens with zero attached hydrogens (tertiary/aromatic N) is 1. The first-order valence-electron chi connectivity index (χ1n) is 6.45. The molecule has 2 aromatic rings. The molecule has 0 saturated carbocycles. The highest BCUT2D eigenvalue weighted by Crippen LogP contribution is 2.24. The fourth-order valence-electron chi connectivity index (χ4n) is 2.31. The zero-order valence-corrected chi connectivity index (χ0v) is 13.2. The fraction of sp³-hybridized carbons (Fsp3) is 0.312. The Hall–Kier alpha value is -1.19. The lowest BCUT2D eigenvalue weighted by atomic mass is 9.99. The molecule has 3 heteroatoms. The van der Waals surface area contributed by atoms with Gasteiger partial charge in [0.2, 0.25) is 0 Å². The van der Waals surface area contributed by atoms with E-state index in [2.05, 4.69) is 64.3 Å². The first-order valence-corrected chi connectivity index (χ1v) is 7.25. The topological polar surface area (TPSA) is 24.9 Å². The van der Waals surface area contributed by atoms with Gasteiger partial charge in [0, 0.05) is 10.7 Å². The minimum Gasteiger partial charge on any atom is -0.311 e. The van der Waals surface area contributed by atoms with Crippen molar-refractivity contribution in [1.82, 2.24) is 10.3 Å². The lowest BCUT2D eigenvalue weighted by molar-refractivity contribution is 0.571. The van der Waals surface area contributed by atoms with E-state index in [9.17, 15) is 0 Å². The largest absolute Gasteiger partial charge is 0.311 e. The molecule has 19 heavy (non-hydrogen) atoms. The van der Waals surface area contributed by atoms with Crippen LogP contribution in [0.25, 0.3) is 0 Å². The van der Waals surface area contributed by atoms with Gasteiger partial charge in [-0.25, -0.2) is 0 Å². The summed E-state index contributed by atoms with van der Waals surface area (Å²) in [6.07, 6.45) is 2.86. The standard InChI is InChI=1S/C16H19BrN2/c1-11-8-12(2)16(19-10-11)15(18-3)9-13-6-4-5-7-14(13)17/h4-8,10,15,18H,9H2,1-3H3. The van der Waals surface area contributed by atoms with Gasteiger partial charge in [0.1, 0.15) is 0 Å². The van der Waals surface area contributed by atoms with Crippen LogP contribution in [0.1, 0.15) is 28.4 Å². The van der Waals surface area contributed by atoms with Crippen molar-refractivity contribution in [2.75, 3.05) is 7.05 Å². The molecule has 0 spiro atoms. The van der Waals surface area contributed by atoms with Gasteiger partial charge in [0.15, 0.2) is 0 Å². The zero-order valence-electron chi connectivity index (χ0n) is 11.6. The Balaban J connectivity index is 2.28. The molecule has 0 amide bonds. The van der Waals surface area contributed by atoms with Crippen molar-refractivity contribution in [3.63, 3.8) is 0 Å². The molecular weight excluding hydrogens is 300 g/mol. The van der Waals surface area contributed by atoms with Gasteiger partial charge in [0.05, 0.1) is 11.7 Å². The van der Waals surface area contributed by atoms with Crippen molar-refractivity contribution in [1.29, 1.82) is 0 Å². The molecule has 0 fully saturated rings. The third kappa shape index (κ3) is 3.43. The van der Waals surface area contributed by atoms with Gasteiger partial charge < -0.3 is 5.32 Å². The van der Waals surface area contributed by atoms with Gasteiger partial charge in [-0.3, -0.25) is 4.98 Å². The van der Waals surface area contributed by atoms with Gasteiger partial charge in [-0.1, -0.05) is 40.2 Å². The van der Waals surface area contributed by atoms with Gasteiger partial charge >= 0.3 is 0 Å². The SMILES string of the molecule is CNC(Cc1ccccc1Br)c1ncc(C)cc1C. The molecule has 1 unspecified atom stereocenters. The second kappa shape index (κ2) is 6.31. The first-order chi connectivity index (χ1) is 9.11. The number of halogens is 1. The maximum Gasteiger partial charge on any atom is 0.0605 e. The number of pyridine rings is 1. The number of likely N-dealkylation sites (N-methyl/N-ethyl adjacent to an activating group) is 1. The predicted octanol–water partition coefficient (Wildman–Crippen LogP) is 3.96. The summed E-state index contributed by atoms with van der Waals surface area (Å²) in [7, 11) is 1.99. The fourth-order valence-corrected chi connectivity index (χ4v) is 2.76. The molecule has 1 aromatic carbocycles. The van der Waals surface area contributed by atoms with Crippen LogP contribution in [0.2, 0.25) is 0 Å². The van der Waals surface area contributed by atoms with Crippen molar-refractivity contribution in [3.8, 4) is 0 Å². The van der Waals surface area contributed by atoms with Crippen LogP contribution in [0.3, 0.4) is 0 Å². The molecule has 100 valence electrons. The van der Waals surface area contributed by atoms with Crippen molar-refractivity contribution in [3.05, 3.63) is 63.4 Å². The van der Waals surface area contributed by atoms with E-state index >= 15 is 0 Å². The van der Waals surface area contributed by atoms with E-state index in [1.807, 2.05) is 19.3 Å². The van der Waals surface area contributed by atoms with Crippen LogP contribution in [-0.4, -0.2) is 12.0 Å². The Kier molecular flexibility index (Phi) is 4.72. The van der Waals surface area contributed by atoms with Crippen LogP contribution in [-0.2, 0) is 6.42 Å². The van der Waals surface area contributed by atoms with Crippen molar-refractivity contribution < 1.29 is 0 Å². The monoisotopic (exact) mass is 318 g/mol. The summed E-state index contributed by atoms with van der Waals surface area (Å²) in [5.74, 6) is 0. The Morgan fingerprint density at radius 2 is 2.00 bits per heavy atom. The lowest BCUT2D eigenvalue weighted by Gasteiger charge is -2.19. The highest BCUT2D eigenvalue weighted by molar-refractivity contribution is 9.10. The Labute approximate surface area is 123 Å². The summed E-state index contributed by atoms with van der Waals surface area (Å²) < 4.78 is 1.15. The van der Waals surface area contributed by atoms with Crippen LogP contribution >= 0.6 is 15.9 Å². The van der Waals surface area contributed by atoms with E-state index in [-0.39, 0.29) is 6.04 Å². The number of hydrogen-bond acceptors (Lipinski definition) is 2. The number of aromatic nitrogens is 1. The number of benzene rings is 1. The van der Waals surface area contributed by atoms with E-state index in [0.29, 0.717) is 0 Å². The van der Waals surface area contributed by atoms with Gasteiger partial charge in [-0.2, -0.15) is 0 Å². The van der Waals surface area contributed by atoms with Crippen LogP contribution in [0.5, 0.6) is 0 Å². The molecule has 1 aromatic heterocycles. The van der Waals surface area contributed by atoms with Gasteiger partial charge in [0.25, 0.3) is 0 Å². The average molecular weight is 319 g/mol. The molecule has 2 nitrogen and oxygen atoms in total. The maximum absolute atomic E-state index is 4.60. The van der Waals surface area contributed by atoms with E-state index in [1.54, 1.807) is 0 Å². The van der Waals surface area contributed by atoms with E-state index in [1.165, 1.54) is 16.7 Å². The Morgan fingerprint density at radius 3 is 2.63 bits per heavy atom. The highest BCUT2D eigenvalue weighted by atomic mass is 79.9. The predicted molar refractivity (Wildman–Crippen MR) is 83.4 cm³/mol. The molecule has 0 radical (unpaired) electrons. The number of aryl methyl sites for hydroxylation is 2. The summed E-state index contributed by atoms with van der Waals surface area (Å²) in [5.41, 5.74) is 4.87. The summed E-state index contributed by atoms with van der Waals surface area (Å²) >= 11 is 3.61. The smallest absolute Gasteiger partial charge is 0.0605 e. The molecule has 0 aliphatic heterocycles. The Morgan fingerprint density at radius 1 is 1.26 bits per heavy atom. The van der Waals surface area contributed by atoms with E-state index in [4.69, 9.17) is 0 Å².